The van der Waals surface area contributed by atoms with E-state index in [1.165, 1.54) is 37.6 Å². The SMILES string of the molecule is CCCCCC#CCC(Cc1cccnc1)(C(=O)NO)S(=O)(=O)c1ccc(OC)cc1. The Kier molecular flexibility index (Phi) is 9.03. The summed E-state index contributed by atoms with van der Waals surface area (Å²) in [6.45, 7) is 2.08. The van der Waals surface area contributed by atoms with Gasteiger partial charge in [-0.1, -0.05) is 25.8 Å². The molecule has 0 radical (unpaired) electrons. The van der Waals surface area contributed by atoms with Crippen molar-refractivity contribution >= 4 is 15.7 Å². The van der Waals surface area contributed by atoms with Crippen molar-refractivity contribution in [2.45, 2.75) is 55.1 Å². The van der Waals surface area contributed by atoms with E-state index in [0.717, 1.165) is 19.3 Å². The normalized spacial score (nSPS) is 12.9. The third-order valence-corrected chi connectivity index (χ3v) is 7.41. The second-order valence-corrected chi connectivity index (χ2v) is 9.40. The summed E-state index contributed by atoms with van der Waals surface area (Å²) in [5, 5.41) is 9.47. The van der Waals surface area contributed by atoms with E-state index in [2.05, 4.69) is 23.7 Å². The fourth-order valence-corrected chi connectivity index (χ4v) is 5.06. The van der Waals surface area contributed by atoms with Crippen molar-refractivity contribution < 1.29 is 23.2 Å². The Morgan fingerprint density at radius 3 is 2.52 bits per heavy atom. The fraction of sp³-hybridized carbons (Fsp3) is 0.391. The number of hydrogen-bond donors (Lipinski definition) is 2. The predicted octanol–water partition coefficient (Wildman–Crippen LogP) is 3.32. The lowest BCUT2D eigenvalue weighted by Crippen LogP contribution is -2.53. The van der Waals surface area contributed by atoms with Gasteiger partial charge >= 0.3 is 0 Å². The first-order chi connectivity index (χ1) is 14.9. The maximum atomic E-state index is 13.7. The van der Waals surface area contributed by atoms with Gasteiger partial charge in [0.05, 0.1) is 12.0 Å². The number of pyridine rings is 1. The van der Waals surface area contributed by atoms with E-state index < -0.39 is 20.5 Å². The van der Waals surface area contributed by atoms with Gasteiger partial charge in [-0.05, 0) is 42.3 Å². The van der Waals surface area contributed by atoms with Crippen molar-refractivity contribution in [2.24, 2.45) is 0 Å². The highest BCUT2D eigenvalue weighted by Gasteiger charge is 2.51. The van der Waals surface area contributed by atoms with Crippen molar-refractivity contribution in [3.63, 3.8) is 0 Å². The Bertz CT molecular complexity index is 1010. The topological polar surface area (TPSA) is 106 Å². The standard InChI is InChI=1S/C23H28N2O5S/c1-3-4-5-6-7-8-15-23(22(26)25-27,17-19-10-9-16-24-18-19)31(28,29)21-13-11-20(30-2)12-14-21/h9-14,16,18,27H,3-6,15,17H2,1-2H3,(H,25,26). The molecule has 0 fully saturated rings. The Morgan fingerprint density at radius 2 is 1.94 bits per heavy atom. The molecule has 0 saturated carbocycles. The number of unbranched alkanes of at least 4 members (excludes halogenated alkanes) is 3. The number of carbonyl (C=O) groups is 1. The van der Waals surface area contributed by atoms with Crippen LogP contribution in [0.15, 0.2) is 53.7 Å². The van der Waals surface area contributed by atoms with E-state index >= 15 is 0 Å². The summed E-state index contributed by atoms with van der Waals surface area (Å²) in [6, 6.07) is 9.12. The molecule has 1 amide bonds. The van der Waals surface area contributed by atoms with Gasteiger partial charge in [-0.15, -0.1) is 11.8 Å². The molecular formula is C23H28N2O5S. The van der Waals surface area contributed by atoms with Crippen molar-refractivity contribution in [1.29, 1.82) is 0 Å². The molecule has 0 aliphatic rings. The van der Waals surface area contributed by atoms with Gasteiger partial charge in [0.2, 0.25) is 0 Å². The highest BCUT2D eigenvalue weighted by molar-refractivity contribution is 7.93. The summed E-state index contributed by atoms with van der Waals surface area (Å²) >= 11 is 0. The molecule has 1 heterocycles. The minimum Gasteiger partial charge on any atom is -0.497 e. The molecule has 0 spiro atoms. The lowest BCUT2D eigenvalue weighted by molar-refractivity contribution is -0.131. The molecule has 2 rings (SSSR count). The Morgan fingerprint density at radius 1 is 1.19 bits per heavy atom. The van der Waals surface area contributed by atoms with Crippen molar-refractivity contribution in [3.05, 3.63) is 54.4 Å². The van der Waals surface area contributed by atoms with Crippen molar-refractivity contribution in [2.75, 3.05) is 7.11 Å². The van der Waals surface area contributed by atoms with E-state index in [1.807, 2.05) is 0 Å². The summed E-state index contributed by atoms with van der Waals surface area (Å²) in [5.41, 5.74) is 2.09. The van der Waals surface area contributed by atoms with Crippen LogP contribution in [-0.2, 0) is 21.1 Å². The zero-order valence-electron chi connectivity index (χ0n) is 17.8. The number of methoxy groups -OCH3 is 1. The average molecular weight is 445 g/mol. The number of hydrogen-bond acceptors (Lipinski definition) is 6. The van der Waals surface area contributed by atoms with Crippen LogP contribution in [0.4, 0.5) is 0 Å². The smallest absolute Gasteiger partial charge is 0.266 e. The van der Waals surface area contributed by atoms with Crippen LogP contribution in [0.2, 0.25) is 0 Å². The largest absolute Gasteiger partial charge is 0.497 e. The van der Waals surface area contributed by atoms with Crippen LogP contribution in [0.5, 0.6) is 5.75 Å². The molecule has 2 N–H and O–H groups in total. The molecule has 0 bridgehead atoms. The van der Waals surface area contributed by atoms with Crippen molar-refractivity contribution in [1.82, 2.24) is 10.5 Å². The van der Waals surface area contributed by atoms with Gasteiger partial charge in [-0.25, -0.2) is 13.9 Å². The molecule has 8 heteroatoms. The van der Waals surface area contributed by atoms with Crippen LogP contribution < -0.4 is 10.2 Å². The maximum Gasteiger partial charge on any atom is 0.266 e. The molecule has 0 saturated heterocycles. The molecular weight excluding hydrogens is 416 g/mol. The summed E-state index contributed by atoms with van der Waals surface area (Å²) in [7, 11) is -2.78. The maximum absolute atomic E-state index is 13.7. The monoisotopic (exact) mass is 444 g/mol. The number of nitrogens with one attached hydrogen (secondary N) is 1. The van der Waals surface area contributed by atoms with Gasteiger partial charge in [0.15, 0.2) is 14.6 Å². The zero-order chi connectivity index (χ0) is 22.7. The second-order valence-electron chi connectivity index (χ2n) is 7.14. The number of aromatic nitrogens is 1. The third-order valence-electron chi connectivity index (χ3n) is 5.02. The Balaban J connectivity index is 2.54. The number of benzene rings is 1. The molecule has 7 nitrogen and oxygen atoms in total. The molecule has 1 atom stereocenters. The number of nitrogens with zero attached hydrogens (tertiary/aromatic N) is 1. The average Bonchev–Trinajstić information content (AvgIpc) is 2.80. The zero-order valence-corrected chi connectivity index (χ0v) is 18.6. The third kappa shape index (κ3) is 5.84. The Hall–Kier alpha value is -2.89. The first-order valence-corrected chi connectivity index (χ1v) is 11.6. The van der Waals surface area contributed by atoms with Crippen LogP contribution in [0.3, 0.4) is 0 Å². The second kappa shape index (κ2) is 11.5. The van der Waals surface area contributed by atoms with Crippen LogP contribution in [0, 0.1) is 11.8 Å². The number of hydroxylamine groups is 1. The fourth-order valence-electron chi connectivity index (χ4n) is 3.21. The number of rotatable bonds is 10. The molecule has 0 aliphatic carbocycles. The van der Waals surface area contributed by atoms with Crippen LogP contribution in [0.25, 0.3) is 0 Å². The number of sulfone groups is 1. The van der Waals surface area contributed by atoms with Crippen LogP contribution >= 0.6 is 0 Å². The van der Waals surface area contributed by atoms with Gasteiger partial charge in [0.1, 0.15) is 5.75 Å². The lowest BCUT2D eigenvalue weighted by Gasteiger charge is -2.29. The molecule has 1 aromatic heterocycles. The van der Waals surface area contributed by atoms with Gasteiger partial charge in [0, 0.05) is 31.7 Å². The minimum absolute atomic E-state index is 0.0615. The molecule has 166 valence electrons. The van der Waals surface area contributed by atoms with E-state index in [1.54, 1.807) is 23.8 Å². The lowest BCUT2D eigenvalue weighted by atomic mass is 9.95. The molecule has 1 aromatic carbocycles. The van der Waals surface area contributed by atoms with E-state index in [0.29, 0.717) is 17.7 Å². The summed E-state index contributed by atoms with van der Waals surface area (Å²) in [6.07, 6.45) is 6.18. The first kappa shape index (κ1) is 24.4. The summed E-state index contributed by atoms with van der Waals surface area (Å²) < 4.78 is 30.5. The quantitative estimate of drug-likeness (QED) is 0.252. The highest BCUT2D eigenvalue weighted by atomic mass is 32.2. The molecule has 1 unspecified atom stereocenters. The van der Waals surface area contributed by atoms with Crippen LogP contribution in [-0.4, -0.2) is 36.4 Å². The predicted molar refractivity (Wildman–Crippen MR) is 117 cm³/mol. The van der Waals surface area contributed by atoms with E-state index in [4.69, 9.17) is 4.74 Å². The van der Waals surface area contributed by atoms with Gasteiger partial charge in [-0.2, -0.15) is 0 Å². The summed E-state index contributed by atoms with van der Waals surface area (Å²) in [5.74, 6) is 5.30. The Labute approximate surface area is 183 Å². The van der Waals surface area contributed by atoms with Gasteiger partial charge < -0.3 is 4.74 Å². The molecule has 0 aliphatic heterocycles. The number of ether oxygens (including phenoxy) is 1. The van der Waals surface area contributed by atoms with E-state index in [-0.39, 0.29) is 17.7 Å². The highest BCUT2D eigenvalue weighted by Crippen LogP contribution is 2.34. The first-order valence-electron chi connectivity index (χ1n) is 10.1. The number of carbonyl (C=O) groups excluding carboxylic acids is 1. The van der Waals surface area contributed by atoms with Crippen molar-refractivity contribution in [3.8, 4) is 17.6 Å². The minimum atomic E-state index is -4.25. The van der Waals surface area contributed by atoms with Gasteiger partial charge in [-0.3, -0.25) is 15.0 Å². The van der Waals surface area contributed by atoms with Crippen LogP contribution in [0.1, 0.15) is 44.6 Å². The molecule has 2 aromatic rings. The molecule has 31 heavy (non-hydrogen) atoms. The number of amides is 1. The van der Waals surface area contributed by atoms with E-state index in [9.17, 15) is 18.4 Å². The van der Waals surface area contributed by atoms with Gasteiger partial charge in [0.25, 0.3) is 5.91 Å². The summed E-state index contributed by atoms with van der Waals surface area (Å²) in [4.78, 5) is 16.9.